The lowest BCUT2D eigenvalue weighted by Gasteiger charge is -2.10. The molecular weight excluding hydrogens is 398 g/mol. The third-order valence-electron chi connectivity index (χ3n) is 6.05. The Hall–Kier alpha value is -3.79. The zero-order chi connectivity index (χ0) is 22.2. The third kappa shape index (κ3) is 3.48. The Morgan fingerprint density at radius 2 is 1.78 bits per heavy atom. The van der Waals surface area contributed by atoms with Crippen LogP contribution >= 0.6 is 0 Å². The zero-order valence-electron chi connectivity index (χ0n) is 18.5. The van der Waals surface area contributed by atoms with Gasteiger partial charge in [-0.2, -0.15) is 0 Å². The van der Waals surface area contributed by atoms with Crippen LogP contribution in [0.15, 0.2) is 72.6 Å². The van der Waals surface area contributed by atoms with Gasteiger partial charge in [0.05, 0.1) is 5.56 Å². The number of ketones is 1. The molecule has 160 valence electrons. The molecular formula is C28H25NO3. The van der Waals surface area contributed by atoms with E-state index >= 15 is 0 Å². The number of aromatic nitrogens is 1. The van der Waals surface area contributed by atoms with E-state index in [1.807, 2.05) is 49.4 Å². The van der Waals surface area contributed by atoms with E-state index in [2.05, 4.69) is 48.9 Å². The molecule has 3 aromatic carbocycles. The molecule has 0 amide bonds. The fourth-order valence-corrected chi connectivity index (χ4v) is 4.29. The normalized spacial score (nSPS) is 14.1. The SMILES string of the molecule is CCn1cc(/C=C2\Oc3cc(OCc4ccccc4C)cc(C)c3C2=O)c2ccccc21. The second-order valence-corrected chi connectivity index (χ2v) is 8.16. The fourth-order valence-electron chi connectivity index (χ4n) is 4.29. The number of para-hydroxylation sites is 1. The summed E-state index contributed by atoms with van der Waals surface area (Å²) in [5, 5.41) is 1.10. The number of hydrogen-bond donors (Lipinski definition) is 0. The summed E-state index contributed by atoms with van der Waals surface area (Å²) in [5.74, 6) is 1.51. The van der Waals surface area contributed by atoms with E-state index in [9.17, 15) is 4.79 Å². The molecule has 4 heteroatoms. The number of benzene rings is 3. The average Bonchev–Trinajstić information content (AvgIpc) is 3.31. The van der Waals surface area contributed by atoms with Crippen molar-refractivity contribution in [3.05, 3.63) is 100 Å². The molecule has 1 aliphatic rings. The van der Waals surface area contributed by atoms with E-state index in [4.69, 9.17) is 9.47 Å². The second-order valence-electron chi connectivity index (χ2n) is 8.16. The maximum atomic E-state index is 13.1. The van der Waals surface area contributed by atoms with E-state index < -0.39 is 0 Å². The van der Waals surface area contributed by atoms with Crippen molar-refractivity contribution >= 4 is 22.8 Å². The number of Topliss-reactive ketones (excluding diaryl/α,β-unsaturated/α-hetero) is 1. The highest BCUT2D eigenvalue weighted by Gasteiger charge is 2.30. The highest BCUT2D eigenvalue weighted by Crippen LogP contribution is 2.38. The lowest BCUT2D eigenvalue weighted by Crippen LogP contribution is -2.00. The van der Waals surface area contributed by atoms with Gasteiger partial charge in [-0.05, 0) is 55.7 Å². The number of ether oxygens (including phenoxy) is 2. The predicted octanol–water partition coefficient (Wildman–Crippen LogP) is 6.47. The first-order valence-corrected chi connectivity index (χ1v) is 10.9. The molecule has 0 aliphatic carbocycles. The molecule has 0 bridgehead atoms. The molecule has 4 nitrogen and oxygen atoms in total. The van der Waals surface area contributed by atoms with E-state index in [-0.39, 0.29) is 5.78 Å². The van der Waals surface area contributed by atoms with Gasteiger partial charge in [0.2, 0.25) is 5.78 Å². The van der Waals surface area contributed by atoms with Crippen LogP contribution in [0.1, 0.15) is 39.5 Å². The average molecular weight is 424 g/mol. The van der Waals surface area contributed by atoms with E-state index in [0.29, 0.717) is 29.4 Å². The van der Waals surface area contributed by atoms with Crippen molar-refractivity contribution in [2.24, 2.45) is 0 Å². The van der Waals surface area contributed by atoms with Crippen molar-refractivity contribution in [2.75, 3.05) is 0 Å². The molecule has 1 aliphatic heterocycles. The minimum absolute atomic E-state index is 0.0868. The van der Waals surface area contributed by atoms with Crippen molar-refractivity contribution in [1.29, 1.82) is 0 Å². The maximum Gasteiger partial charge on any atom is 0.232 e. The van der Waals surface area contributed by atoms with Crippen LogP contribution in [0.4, 0.5) is 0 Å². The third-order valence-corrected chi connectivity index (χ3v) is 6.05. The number of allylic oxidation sites excluding steroid dienone is 1. The summed E-state index contributed by atoms with van der Waals surface area (Å²) in [6, 6.07) is 20.1. The predicted molar refractivity (Wildman–Crippen MR) is 127 cm³/mol. The lowest BCUT2D eigenvalue weighted by atomic mass is 10.0. The Kier molecular flexibility index (Phi) is 5.06. The second kappa shape index (κ2) is 8.04. The summed E-state index contributed by atoms with van der Waals surface area (Å²) in [4.78, 5) is 13.1. The van der Waals surface area contributed by atoms with Gasteiger partial charge in [0.25, 0.3) is 0 Å². The summed E-state index contributed by atoms with van der Waals surface area (Å²) < 4.78 is 14.2. The van der Waals surface area contributed by atoms with Crippen molar-refractivity contribution in [3.8, 4) is 11.5 Å². The molecule has 0 fully saturated rings. The molecule has 1 aromatic heterocycles. The molecule has 4 aromatic rings. The molecule has 0 unspecified atom stereocenters. The largest absolute Gasteiger partial charge is 0.489 e. The minimum atomic E-state index is -0.0868. The van der Waals surface area contributed by atoms with E-state index in [0.717, 1.165) is 34.1 Å². The molecule has 32 heavy (non-hydrogen) atoms. The highest BCUT2D eigenvalue weighted by molar-refractivity contribution is 6.16. The molecule has 0 N–H and O–H groups in total. The van der Waals surface area contributed by atoms with Gasteiger partial charge in [-0.3, -0.25) is 4.79 Å². The van der Waals surface area contributed by atoms with Crippen LogP contribution in [0, 0.1) is 13.8 Å². The van der Waals surface area contributed by atoms with Gasteiger partial charge in [0.1, 0.15) is 18.1 Å². The quantitative estimate of drug-likeness (QED) is 0.345. The van der Waals surface area contributed by atoms with Crippen molar-refractivity contribution < 1.29 is 14.3 Å². The fraction of sp³-hybridized carbons (Fsp3) is 0.179. The number of fused-ring (bicyclic) bond motifs is 2. The highest BCUT2D eigenvalue weighted by atomic mass is 16.5. The van der Waals surface area contributed by atoms with E-state index in [1.54, 1.807) is 0 Å². The van der Waals surface area contributed by atoms with Crippen LogP contribution in [-0.4, -0.2) is 10.4 Å². The first kappa shape index (κ1) is 20.1. The van der Waals surface area contributed by atoms with Crippen LogP contribution in [0.3, 0.4) is 0 Å². The van der Waals surface area contributed by atoms with Gasteiger partial charge < -0.3 is 14.0 Å². The van der Waals surface area contributed by atoms with Crippen molar-refractivity contribution in [3.63, 3.8) is 0 Å². The van der Waals surface area contributed by atoms with Crippen LogP contribution in [0.25, 0.3) is 17.0 Å². The smallest absolute Gasteiger partial charge is 0.232 e. The Labute approximate surface area is 187 Å². The number of carbonyl (C=O) groups excluding carboxylic acids is 1. The molecule has 0 spiro atoms. The van der Waals surface area contributed by atoms with Crippen LogP contribution in [-0.2, 0) is 13.2 Å². The zero-order valence-corrected chi connectivity index (χ0v) is 18.5. The monoisotopic (exact) mass is 423 g/mol. The molecule has 0 saturated carbocycles. The standard InChI is InChI=1S/C28H25NO3/c1-4-29-16-21(23-11-7-8-12-24(23)29)14-26-28(30)27-19(3)13-22(15-25(27)32-26)31-17-20-10-6-5-9-18(20)2/h5-16H,4,17H2,1-3H3/b26-14-. The molecule has 0 radical (unpaired) electrons. The molecule has 0 saturated heterocycles. The number of aryl methyl sites for hydroxylation is 3. The number of rotatable bonds is 5. The lowest BCUT2D eigenvalue weighted by molar-refractivity contribution is 0.101. The molecule has 5 rings (SSSR count). The van der Waals surface area contributed by atoms with E-state index in [1.165, 1.54) is 5.56 Å². The Morgan fingerprint density at radius 3 is 2.59 bits per heavy atom. The van der Waals surface area contributed by atoms with Gasteiger partial charge in [-0.15, -0.1) is 0 Å². The summed E-state index contributed by atoms with van der Waals surface area (Å²) in [5.41, 5.74) is 5.91. The first-order chi connectivity index (χ1) is 15.5. The summed E-state index contributed by atoms with van der Waals surface area (Å²) in [6.07, 6.45) is 3.92. The van der Waals surface area contributed by atoms with Crippen molar-refractivity contribution in [1.82, 2.24) is 4.57 Å². The van der Waals surface area contributed by atoms with Gasteiger partial charge in [0, 0.05) is 35.3 Å². The maximum absolute atomic E-state index is 13.1. The van der Waals surface area contributed by atoms with Gasteiger partial charge in [0.15, 0.2) is 5.76 Å². The van der Waals surface area contributed by atoms with Gasteiger partial charge >= 0.3 is 0 Å². The number of nitrogens with zero attached hydrogens (tertiary/aromatic N) is 1. The van der Waals surface area contributed by atoms with Crippen LogP contribution in [0.2, 0.25) is 0 Å². The Bertz CT molecular complexity index is 1380. The summed E-state index contributed by atoms with van der Waals surface area (Å²) in [7, 11) is 0. The Balaban J connectivity index is 1.45. The van der Waals surface area contributed by atoms with Crippen LogP contribution in [0.5, 0.6) is 11.5 Å². The van der Waals surface area contributed by atoms with Gasteiger partial charge in [-0.25, -0.2) is 0 Å². The molecule has 0 atom stereocenters. The van der Waals surface area contributed by atoms with Crippen LogP contribution < -0.4 is 9.47 Å². The van der Waals surface area contributed by atoms with Crippen molar-refractivity contribution in [2.45, 2.75) is 33.9 Å². The summed E-state index contributed by atoms with van der Waals surface area (Å²) >= 11 is 0. The Morgan fingerprint density at radius 1 is 1.00 bits per heavy atom. The number of hydrogen-bond acceptors (Lipinski definition) is 3. The van der Waals surface area contributed by atoms with Gasteiger partial charge in [-0.1, -0.05) is 42.5 Å². The first-order valence-electron chi connectivity index (χ1n) is 10.9. The molecule has 2 heterocycles. The number of carbonyl (C=O) groups is 1. The minimum Gasteiger partial charge on any atom is -0.489 e. The topological polar surface area (TPSA) is 40.5 Å². The summed E-state index contributed by atoms with van der Waals surface area (Å²) in [6.45, 7) is 7.43.